The average Bonchev–Trinajstić information content (AvgIpc) is 3.08. The third-order valence-corrected chi connectivity index (χ3v) is 4.68. The number of hydrogen-bond acceptors (Lipinski definition) is 6. The zero-order valence-corrected chi connectivity index (χ0v) is 17.1. The van der Waals surface area contributed by atoms with Gasteiger partial charge < -0.3 is 4.74 Å². The van der Waals surface area contributed by atoms with Gasteiger partial charge in [-0.05, 0) is 42.5 Å². The van der Waals surface area contributed by atoms with Crippen molar-refractivity contribution in [2.24, 2.45) is 0 Å². The fourth-order valence-corrected chi connectivity index (χ4v) is 2.95. The molecule has 154 valence electrons. The van der Waals surface area contributed by atoms with Gasteiger partial charge in [-0.15, -0.1) is 0 Å². The van der Waals surface area contributed by atoms with Crippen LogP contribution in [0.4, 0.5) is 5.69 Å². The van der Waals surface area contributed by atoms with Crippen LogP contribution < -0.4 is 15.8 Å². The van der Waals surface area contributed by atoms with E-state index in [0.29, 0.717) is 5.56 Å². The van der Waals surface area contributed by atoms with Crippen LogP contribution in [0.2, 0.25) is 0 Å². The Labute approximate surface area is 179 Å². The number of ether oxygens (including phenoxy) is 1. The van der Waals surface area contributed by atoms with E-state index in [1.54, 1.807) is 24.3 Å². The fourth-order valence-electron chi connectivity index (χ4n) is 2.69. The van der Waals surface area contributed by atoms with E-state index in [1.165, 1.54) is 24.3 Å². The van der Waals surface area contributed by atoms with Crippen LogP contribution in [0.15, 0.2) is 53.0 Å². The molecule has 2 aromatic carbocycles. The van der Waals surface area contributed by atoms with Crippen molar-refractivity contribution in [3.05, 3.63) is 64.1 Å². The first-order valence-electron chi connectivity index (χ1n) is 8.83. The van der Waals surface area contributed by atoms with Crippen LogP contribution >= 0.6 is 15.9 Å². The largest absolute Gasteiger partial charge is 0.452 e. The molecule has 1 saturated heterocycles. The van der Waals surface area contributed by atoms with E-state index in [1.807, 2.05) is 0 Å². The van der Waals surface area contributed by atoms with Crippen molar-refractivity contribution >= 4 is 51.2 Å². The number of anilines is 1. The number of benzene rings is 2. The molecule has 0 aliphatic carbocycles. The molecule has 30 heavy (non-hydrogen) atoms. The lowest BCUT2D eigenvalue weighted by Crippen LogP contribution is -2.43. The Morgan fingerprint density at radius 3 is 2.27 bits per heavy atom. The minimum Gasteiger partial charge on any atom is -0.452 e. The van der Waals surface area contributed by atoms with Gasteiger partial charge in [0.05, 0.1) is 11.3 Å². The predicted octanol–water partition coefficient (Wildman–Crippen LogP) is 1.72. The lowest BCUT2D eigenvalue weighted by Gasteiger charge is -2.14. The molecular weight excluding hydrogens is 458 g/mol. The lowest BCUT2D eigenvalue weighted by atomic mass is 10.2. The summed E-state index contributed by atoms with van der Waals surface area (Å²) in [4.78, 5) is 60.6. The second-order valence-electron chi connectivity index (χ2n) is 6.26. The van der Waals surface area contributed by atoms with E-state index in [-0.39, 0.29) is 35.9 Å². The summed E-state index contributed by atoms with van der Waals surface area (Å²) >= 11 is 3.25. The molecule has 0 radical (unpaired) electrons. The summed E-state index contributed by atoms with van der Waals surface area (Å²) in [6, 6.07) is 12.3. The van der Waals surface area contributed by atoms with Crippen molar-refractivity contribution in [2.75, 3.05) is 11.5 Å². The van der Waals surface area contributed by atoms with Crippen molar-refractivity contribution in [3.8, 4) is 0 Å². The smallest absolute Gasteiger partial charge is 0.338 e. The minimum absolute atomic E-state index is 0.0756. The number of carbonyl (C=O) groups is 5. The summed E-state index contributed by atoms with van der Waals surface area (Å²) < 4.78 is 5.72. The van der Waals surface area contributed by atoms with E-state index in [0.717, 1.165) is 9.37 Å². The summed E-state index contributed by atoms with van der Waals surface area (Å²) in [5.74, 6) is -2.77. The second kappa shape index (κ2) is 9.31. The molecule has 2 N–H and O–H groups in total. The van der Waals surface area contributed by atoms with E-state index in [9.17, 15) is 24.0 Å². The van der Waals surface area contributed by atoms with Gasteiger partial charge >= 0.3 is 5.97 Å². The van der Waals surface area contributed by atoms with Gasteiger partial charge in [0.15, 0.2) is 6.61 Å². The number of imide groups is 1. The maximum absolute atomic E-state index is 12.2. The topological polar surface area (TPSA) is 122 Å². The van der Waals surface area contributed by atoms with E-state index in [2.05, 4.69) is 26.8 Å². The maximum Gasteiger partial charge on any atom is 0.338 e. The number of nitrogens with zero attached hydrogens (tertiary/aromatic N) is 1. The summed E-state index contributed by atoms with van der Waals surface area (Å²) in [5.41, 5.74) is 5.03. The van der Waals surface area contributed by atoms with E-state index < -0.39 is 24.4 Å². The van der Waals surface area contributed by atoms with Crippen molar-refractivity contribution in [1.29, 1.82) is 0 Å². The summed E-state index contributed by atoms with van der Waals surface area (Å²) in [7, 11) is 0. The number of hydrogen-bond donors (Lipinski definition) is 2. The Balaban J connectivity index is 1.51. The molecule has 3 rings (SSSR count). The molecule has 0 aromatic heterocycles. The van der Waals surface area contributed by atoms with Crippen LogP contribution in [0.25, 0.3) is 0 Å². The molecule has 0 saturated carbocycles. The third-order valence-electron chi connectivity index (χ3n) is 4.15. The highest BCUT2D eigenvalue weighted by atomic mass is 79.9. The summed E-state index contributed by atoms with van der Waals surface area (Å²) in [6.07, 6.45) is 0.249. The number of carbonyl (C=O) groups excluding carboxylic acids is 5. The average molecular weight is 474 g/mol. The van der Waals surface area contributed by atoms with E-state index >= 15 is 0 Å². The van der Waals surface area contributed by atoms with E-state index in [4.69, 9.17) is 4.74 Å². The first-order chi connectivity index (χ1) is 14.3. The SMILES string of the molecule is O=C(COC(=O)c1cccc(N2C(=O)CCC2=O)c1)NNC(=O)c1ccc(Br)cc1. The Morgan fingerprint density at radius 1 is 0.933 bits per heavy atom. The van der Waals surface area contributed by atoms with Gasteiger partial charge in [-0.3, -0.25) is 34.9 Å². The Hall–Kier alpha value is -3.53. The highest BCUT2D eigenvalue weighted by molar-refractivity contribution is 9.10. The van der Waals surface area contributed by atoms with Crippen LogP contribution in [-0.2, 0) is 19.1 Å². The van der Waals surface area contributed by atoms with Crippen molar-refractivity contribution in [1.82, 2.24) is 10.9 Å². The standard InChI is InChI=1S/C20H16BrN3O6/c21-14-6-4-12(5-7-14)19(28)23-22-16(25)11-30-20(29)13-2-1-3-15(10-13)24-17(26)8-9-18(24)27/h1-7,10H,8-9,11H2,(H,22,25)(H,23,28). The fraction of sp³-hybridized carbons (Fsp3) is 0.150. The molecule has 1 aliphatic heterocycles. The maximum atomic E-state index is 12.2. The molecule has 2 aromatic rings. The molecule has 1 aliphatic rings. The molecule has 0 atom stereocenters. The van der Waals surface area contributed by atoms with Gasteiger partial charge in [0.25, 0.3) is 11.8 Å². The molecule has 1 heterocycles. The number of rotatable bonds is 5. The zero-order valence-electron chi connectivity index (χ0n) is 15.5. The quantitative estimate of drug-likeness (QED) is 0.387. The molecule has 1 fully saturated rings. The normalized spacial score (nSPS) is 13.2. The number of nitrogens with one attached hydrogen (secondary N) is 2. The monoisotopic (exact) mass is 473 g/mol. The Bertz CT molecular complexity index is 1010. The van der Waals surface area contributed by atoms with Gasteiger partial charge in [0, 0.05) is 22.9 Å². The third kappa shape index (κ3) is 5.09. The molecule has 9 nitrogen and oxygen atoms in total. The van der Waals surface area contributed by atoms with Crippen molar-refractivity contribution in [2.45, 2.75) is 12.8 Å². The van der Waals surface area contributed by atoms with Gasteiger partial charge in [-0.25, -0.2) is 4.79 Å². The first-order valence-corrected chi connectivity index (χ1v) is 9.62. The van der Waals surface area contributed by atoms with Gasteiger partial charge in [-0.1, -0.05) is 22.0 Å². The van der Waals surface area contributed by atoms with Crippen LogP contribution in [0.5, 0.6) is 0 Å². The molecule has 0 bridgehead atoms. The highest BCUT2D eigenvalue weighted by Crippen LogP contribution is 2.23. The zero-order chi connectivity index (χ0) is 21.7. The van der Waals surface area contributed by atoms with Crippen molar-refractivity contribution in [3.63, 3.8) is 0 Å². The summed E-state index contributed by atoms with van der Waals surface area (Å²) in [5, 5.41) is 0. The van der Waals surface area contributed by atoms with Crippen LogP contribution in [0, 0.1) is 0 Å². The number of amides is 4. The molecular formula is C20H16BrN3O6. The van der Waals surface area contributed by atoms with Crippen LogP contribution in [0.1, 0.15) is 33.6 Å². The summed E-state index contributed by atoms with van der Waals surface area (Å²) in [6.45, 7) is -0.634. The van der Waals surface area contributed by atoms with Crippen molar-refractivity contribution < 1.29 is 28.7 Å². The first kappa shape index (κ1) is 21.2. The van der Waals surface area contributed by atoms with Gasteiger partial charge in [-0.2, -0.15) is 0 Å². The highest BCUT2D eigenvalue weighted by Gasteiger charge is 2.30. The number of halogens is 1. The predicted molar refractivity (Wildman–Crippen MR) is 108 cm³/mol. The Morgan fingerprint density at radius 2 is 1.60 bits per heavy atom. The molecule has 10 heteroatoms. The molecule has 0 unspecified atom stereocenters. The molecule has 4 amide bonds. The van der Waals surface area contributed by atoms with Crippen LogP contribution in [-0.4, -0.2) is 36.2 Å². The van der Waals surface area contributed by atoms with Gasteiger partial charge in [0.2, 0.25) is 11.8 Å². The number of hydrazine groups is 1. The van der Waals surface area contributed by atoms with Gasteiger partial charge in [0.1, 0.15) is 0 Å². The Kier molecular flexibility index (Phi) is 6.58. The second-order valence-corrected chi connectivity index (χ2v) is 7.17. The van der Waals surface area contributed by atoms with Crippen LogP contribution in [0.3, 0.4) is 0 Å². The minimum atomic E-state index is -0.815. The number of esters is 1. The lowest BCUT2D eigenvalue weighted by molar-refractivity contribution is -0.125. The molecule has 0 spiro atoms.